The fourth-order valence-corrected chi connectivity index (χ4v) is 2.17. The summed E-state index contributed by atoms with van der Waals surface area (Å²) >= 11 is 0. The van der Waals surface area contributed by atoms with Gasteiger partial charge in [0.15, 0.2) is 0 Å². The van der Waals surface area contributed by atoms with Crippen molar-refractivity contribution in [3.63, 3.8) is 0 Å². The molecule has 0 aliphatic carbocycles. The van der Waals surface area contributed by atoms with Crippen LogP contribution in [0, 0.1) is 0 Å². The number of likely N-dealkylation sites (tertiary alicyclic amines) is 1. The van der Waals surface area contributed by atoms with Crippen molar-refractivity contribution in [2.75, 3.05) is 18.6 Å². The van der Waals surface area contributed by atoms with Crippen LogP contribution < -0.4 is 11.3 Å². The van der Waals surface area contributed by atoms with Gasteiger partial charge in [-0.3, -0.25) is 4.90 Å². The number of nitrogens with one attached hydrogen (secondary N) is 1. The SMILES string of the molecule is NNc1cccc(CN2CCCC2CO)n1. The maximum absolute atomic E-state index is 9.22. The molecule has 0 bridgehead atoms. The van der Waals surface area contributed by atoms with Crippen molar-refractivity contribution in [3.8, 4) is 0 Å². The van der Waals surface area contributed by atoms with Gasteiger partial charge in [0.2, 0.25) is 0 Å². The predicted octanol–water partition coefficient (Wildman–Crippen LogP) is 0.324. The molecular weight excluding hydrogens is 204 g/mol. The van der Waals surface area contributed by atoms with Crippen molar-refractivity contribution >= 4 is 5.82 Å². The Morgan fingerprint density at radius 2 is 2.44 bits per heavy atom. The van der Waals surface area contributed by atoms with Crippen LogP contribution in [0.2, 0.25) is 0 Å². The molecule has 1 aromatic rings. The number of nitrogens with two attached hydrogens (primary N) is 1. The number of nitrogen functional groups attached to an aromatic ring is 1. The second kappa shape index (κ2) is 5.25. The summed E-state index contributed by atoms with van der Waals surface area (Å²) in [7, 11) is 0. The Morgan fingerprint density at radius 3 is 3.19 bits per heavy atom. The molecule has 4 N–H and O–H groups in total. The highest BCUT2D eigenvalue weighted by atomic mass is 16.3. The van der Waals surface area contributed by atoms with E-state index in [1.165, 1.54) is 0 Å². The standard InChI is InChI=1S/C11H18N4O/c12-14-11-5-1-3-9(13-11)7-15-6-2-4-10(15)8-16/h1,3,5,10,16H,2,4,6-8,12H2,(H,13,14). The number of aromatic nitrogens is 1. The third-order valence-electron chi connectivity index (χ3n) is 3.03. The van der Waals surface area contributed by atoms with Gasteiger partial charge in [0.25, 0.3) is 0 Å². The smallest absolute Gasteiger partial charge is 0.140 e. The van der Waals surface area contributed by atoms with E-state index in [9.17, 15) is 5.11 Å². The second-order valence-corrected chi connectivity index (χ2v) is 4.11. The molecule has 1 aliphatic heterocycles. The largest absolute Gasteiger partial charge is 0.395 e. The summed E-state index contributed by atoms with van der Waals surface area (Å²) in [6.45, 7) is 2.04. The lowest BCUT2D eigenvalue weighted by atomic mass is 10.2. The molecule has 0 amide bonds. The van der Waals surface area contributed by atoms with Gasteiger partial charge in [0.1, 0.15) is 5.82 Å². The molecule has 5 nitrogen and oxygen atoms in total. The minimum Gasteiger partial charge on any atom is -0.395 e. The Morgan fingerprint density at radius 1 is 1.56 bits per heavy atom. The van der Waals surface area contributed by atoms with Crippen LogP contribution in [0.5, 0.6) is 0 Å². The lowest BCUT2D eigenvalue weighted by Crippen LogP contribution is -2.32. The summed E-state index contributed by atoms with van der Waals surface area (Å²) in [6, 6.07) is 6.03. The minimum absolute atomic E-state index is 0.231. The Hall–Kier alpha value is -1.17. The van der Waals surface area contributed by atoms with E-state index in [1.807, 2.05) is 18.2 Å². The number of anilines is 1. The van der Waals surface area contributed by atoms with E-state index < -0.39 is 0 Å². The number of hydrazine groups is 1. The zero-order valence-corrected chi connectivity index (χ0v) is 9.26. The van der Waals surface area contributed by atoms with Gasteiger partial charge in [0.05, 0.1) is 12.3 Å². The van der Waals surface area contributed by atoms with Crippen LogP contribution in [0.25, 0.3) is 0 Å². The van der Waals surface area contributed by atoms with Crippen molar-refractivity contribution in [3.05, 3.63) is 23.9 Å². The average molecular weight is 222 g/mol. The number of aliphatic hydroxyl groups excluding tert-OH is 1. The van der Waals surface area contributed by atoms with Gasteiger partial charge in [-0.25, -0.2) is 10.8 Å². The molecular formula is C11H18N4O. The van der Waals surface area contributed by atoms with Gasteiger partial charge >= 0.3 is 0 Å². The van der Waals surface area contributed by atoms with E-state index in [1.54, 1.807) is 0 Å². The van der Waals surface area contributed by atoms with Gasteiger partial charge in [-0.15, -0.1) is 0 Å². The molecule has 0 spiro atoms. The molecule has 0 radical (unpaired) electrons. The zero-order valence-electron chi connectivity index (χ0n) is 9.26. The Labute approximate surface area is 95.2 Å². The topological polar surface area (TPSA) is 74.4 Å². The highest BCUT2D eigenvalue weighted by Crippen LogP contribution is 2.19. The van der Waals surface area contributed by atoms with Gasteiger partial charge in [-0.2, -0.15) is 0 Å². The first-order valence-corrected chi connectivity index (χ1v) is 5.61. The van der Waals surface area contributed by atoms with Crippen LogP contribution in [0.1, 0.15) is 18.5 Å². The monoisotopic (exact) mass is 222 g/mol. The highest BCUT2D eigenvalue weighted by Gasteiger charge is 2.23. The molecule has 1 fully saturated rings. The number of hydrogen-bond acceptors (Lipinski definition) is 5. The van der Waals surface area contributed by atoms with E-state index in [2.05, 4.69) is 15.3 Å². The first-order valence-electron chi connectivity index (χ1n) is 5.61. The van der Waals surface area contributed by atoms with Crippen LogP contribution in [0.3, 0.4) is 0 Å². The third-order valence-corrected chi connectivity index (χ3v) is 3.03. The summed E-state index contributed by atoms with van der Waals surface area (Å²) < 4.78 is 0. The molecule has 16 heavy (non-hydrogen) atoms. The summed E-state index contributed by atoms with van der Waals surface area (Å²) in [4.78, 5) is 6.63. The zero-order chi connectivity index (χ0) is 11.4. The molecule has 1 aliphatic rings. The number of hydrogen-bond donors (Lipinski definition) is 3. The molecule has 1 aromatic heterocycles. The second-order valence-electron chi connectivity index (χ2n) is 4.11. The van der Waals surface area contributed by atoms with Crippen LogP contribution in [0.15, 0.2) is 18.2 Å². The maximum atomic E-state index is 9.22. The van der Waals surface area contributed by atoms with Gasteiger partial charge in [0, 0.05) is 12.6 Å². The summed E-state index contributed by atoms with van der Waals surface area (Å²) in [5, 5.41) is 9.22. The van der Waals surface area contributed by atoms with Gasteiger partial charge in [-0.1, -0.05) is 6.07 Å². The van der Waals surface area contributed by atoms with Crippen LogP contribution in [-0.2, 0) is 6.54 Å². The Balaban J connectivity index is 2.02. The quantitative estimate of drug-likeness (QED) is 0.505. The van der Waals surface area contributed by atoms with Crippen molar-refractivity contribution < 1.29 is 5.11 Å². The van der Waals surface area contributed by atoms with Crippen LogP contribution in [-0.4, -0.2) is 34.2 Å². The number of nitrogens with zero attached hydrogens (tertiary/aromatic N) is 2. The lowest BCUT2D eigenvalue weighted by Gasteiger charge is -2.22. The molecule has 0 saturated carbocycles. The molecule has 1 saturated heterocycles. The van der Waals surface area contributed by atoms with E-state index >= 15 is 0 Å². The van der Waals surface area contributed by atoms with Crippen molar-refractivity contribution in [2.24, 2.45) is 5.84 Å². The molecule has 2 rings (SSSR count). The summed E-state index contributed by atoms with van der Waals surface area (Å²) in [6.07, 6.45) is 2.23. The summed E-state index contributed by atoms with van der Waals surface area (Å²) in [5.41, 5.74) is 3.52. The highest BCUT2D eigenvalue weighted by molar-refractivity contribution is 5.33. The van der Waals surface area contributed by atoms with Crippen molar-refractivity contribution in [2.45, 2.75) is 25.4 Å². The Bertz CT molecular complexity index is 345. The van der Waals surface area contributed by atoms with E-state index in [0.717, 1.165) is 31.6 Å². The maximum Gasteiger partial charge on any atom is 0.140 e. The molecule has 0 aromatic carbocycles. The first kappa shape index (κ1) is 11.3. The first-order chi connectivity index (χ1) is 7.83. The molecule has 88 valence electrons. The fourth-order valence-electron chi connectivity index (χ4n) is 2.17. The van der Waals surface area contributed by atoms with Gasteiger partial charge < -0.3 is 10.5 Å². The number of aliphatic hydroxyl groups is 1. The normalized spacial score (nSPS) is 21.2. The molecule has 1 unspecified atom stereocenters. The van der Waals surface area contributed by atoms with E-state index in [4.69, 9.17) is 5.84 Å². The van der Waals surface area contributed by atoms with Crippen molar-refractivity contribution in [1.29, 1.82) is 0 Å². The summed E-state index contributed by atoms with van der Waals surface area (Å²) in [5.74, 6) is 5.99. The van der Waals surface area contributed by atoms with Crippen LogP contribution >= 0.6 is 0 Å². The third kappa shape index (κ3) is 2.49. The predicted molar refractivity (Wildman–Crippen MR) is 62.6 cm³/mol. The molecule has 2 heterocycles. The van der Waals surface area contributed by atoms with E-state index in [-0.39, 0.29) is 12.6 Å². The fraction of sp³-hybridized carbons (Fsp3) is 0.545. The minimum atomic E-state index is 0.231. The van der Waals surface area contributed by atoms with Gasteiger partial charge in [-0.05, 0) is 31.5 Å². The lowest BCUT2D eigenvalue weighted by molar-refractivity contribution is 0.152. The average Bonchev–Trinajstić information content (AvgIpc) is 2.76. The number of rotatable bonds is 4. The van der Waals surface area contributed by atoms with Crippen LogP contribution in [0.4, 0.5) is 5.82 Å². The molecule has 5 heteroatoms. The van der Waals surface area contributed by atoms with Crippen molar-refractivity contribution in [1.82, 2.24) is 9.88 Å². The van der Waals surface area contributed by atoms with E-state index in [0.29, 0.717) is 5.82 Å². The Kier molecular flexibility index (Phi) is 3.71. The number of pyridine rings is 1. The molecule has 1 atom stereocenters.